The number of carbonyl (C=O) groups is 1. The highest BCUT2D eigenvalue weighted by atomic mass is 35.5. The largest absolute Gasteiger partial charge is 0.476 e. The molecule has 0 saturated heterocycles. The molecule has 0 saturated carbocycles. The SMILES string of the molecule is O=C(O)c1nn(Cc2ccc(Cl)c(Cl)c2)c2ccccc12. The number of hydrogen-bond acceptors (Lipinski definition) is 2. The van der Waals surface area contributed by atoms with Crippen molar-refractivity contribution in [2.24, 2.45) is 0 Å². The van der Waals surface area contributed by atoms with Gasteiger partial charge >= 0.3 is 5.97 Å². The number of benzene rings is 2. The van der Waals surface area contributed by atoms with Crippen LogP contribution in [0.15, 0.2) is 42.5 Å². The van der Waals surface area contributed by atoms with Crippen LogP contribution in [0, 0.1) is 0 Å². The van der Waals surface area contributed by atoms with Gasteiger partial charge in [0.25, 0.3) is 0 Å². The van der Waals surface area contributed by atoms with Gasteiger partial charge in [0.15, 0.2) is 5.69 Å². The van der Waals surface area contributed by atoms with Gasteiger partial charge in [-0.3, -0.25) is 4.68 Å². The molecule has 0 bridgehead atoms. The van der Waals surface area contributed by atoms with Crippen molar-refractivity contribution in [2.75, 3.05) is 0 Å². The van der Waals surface area contributed by atoms with Gasteiger partial charge in [-0.2, -0.15) is 5.10 Å². The Bertz CT molecular complexity index is 843. The average Bonchev–Trinajstić information content (AvgIpc) is 2.82. The minimum atomic E-state index is -1.04. The molecule has 0 unspecified atom stereocenters. The molecule has 0 aliphatic heterocycles. The zero-order valence-electron chi connectivity index (χ0n) is 10.8. The number of carboxylic acid groups (broad SMARTS) is 1. The summed E-state index contributed by atoms with van der Waals surface area (Å²) >= 11 is 11.9. The number of carboxylic acids is 1. The van der Waals surface area contributed by atoms with E-state index in [0.717, 1.165) is 11.1 Å². The summed E-state index contributed by atoms with van der Waals surface area (Å²) < 4.78 is 1.65. The number of fused-ring (bicyclic) bond motifs is 1. The van der Waals surface area contributed by atoms with Crippen molar-refractivity contribution in [1.29, 1.82) is 0 Å². The molecule has 0 atom stereocenters. The van der Waals surface area contributed by atoms with Crippen LogP contribution in [-0.4, -0.2) is 20.9 Å². The van der Waals surface area contributed by atoms with Crippen LogP contribution in [0.3, 0.4) is 0 Å². The minimum absolute atomic E-state index is 0.0469. The van der Waals surface area contributed by atoms with Crippen molar-refractivity contribution in [2.45, 2.75) is 6.54 Å². The van der Waals surface area contributed by atoms with Crippen LogP contribution in [-0.2, 0) is 6.54 Å². The van der Waals surface area contributed by atoms with Gasteiger partial charge < -0.3 is 5.11 Å². The van der Waals surface area contributed by atoms with Gasteiger partial charge in [0.05, 0.1) is 22.1 Å². The predicted octanol–water partition coefficient (Wildman–Crippen LogP) is 4.09. The van der Waals surface area contributed by atoms with E-state index < -0.39 is 5.97 Å². The summed E-state index contributed by atoms with van der Waals surface area (Å²) in [6, 6.07) is 12.5. The van der Waals surface area contributed by atoms with E-state index in [0.29, 0.717) is 22.0 Å². The summed E-state index contributed by atoms with van der Waals surface area (Å²) in [5, 5.41) is 15.0. The third-order valence-electron chi connectivity index (χ3n) is 3.18. The van der Waals surface area contributed by atoms with E-state index in [1.165, 1.54) is 0 Å². The molecule has 0 aliphatic rings. The van der Waals surface area contributed by atoms with Crippen LogP contribution < -0.4 is 0 Å². The maximum Gasteiger partial charge on any atom is 0.357 e. The van der Waals surface area contributed by atoms with Crippen LogP contribution in [0.5, 0.6) is 0 Å². The first-order chi connectivity index (χ1) is 10.1. The summed E-state index contributed by atoms with van der Waals surface area (Å²) in [6.07, 6.45) is 0. The van der Waals surface area contributed by atoms with Gasteiger partial charge in [-0.25, -0.2) is 4.79 Å². The van der Waals surface area contributed by atoms with Crippen LogP contribution in [0.1, 0.15) is 16.1 Å². The Kier molecular flexibility index (Phi) is 3.57. The van der Waals surface area contributed by atoms with Crippen molar-refractivity contribution in [3.8, 4) is 0 Å². The summed E-state index contributed by atoms with van der Waals surface area (Å²) in [6.45, 7) is 0.421. The third-order valence-corrected chi connectivity index (χ3v) is 3.92. The van der Waals surface area contributed by atoms with Crippen molar-refractivity contribution in [3.63, 3.8) is 0 Å². The predicted molar refractivity (Wildman–Crippen MR) is 82.3 cm³/mol. The van der Waals surface area contributed by atoms with Crippen molar-refractivity contribution >= 4 is 40.1 Å². The first-order valence-electron chi connectivity index (χ1n) is 6.19. The lowest BCUT2D eigenvalue weighted by atomic mass is 10.2. The van der Waals surface area contributed by atoms with Gasteiger partial charge in [0, 0.05) is 5.39 Å². The lowest BCUT2D eigenvalue weighted by Gasteiger charge is -2.05. The molecule has 1 aromatic heterocycles. The normalized spacial score (nSPS) is 11.0. The minimum Gasteiger partial charge on any atom is -0.476 e. The molecule has 3 rings (SSSR count). The Labute approximate surface area is 130 Å². The first-order valence-corrected chi connectivity index (χ1v) is 6.94. The van der Waals surface area contributed by atoms with Crippen LogP contribution in [0.4, 0.5) is 0 Å². The molecule has 0 radical (unpaired) electrons. The zero-order valence-corrected chi connectivity index (χ0v) is 12.3. The second kappa shape index (κ2) is 5.39. The summed E-state index contributed by atoms with van der Waals surface area (Å²) in [7, 11) is 0. The molecule has 106 valence electrons. The molecule has 0 fully saturated rings. The molecule has 6 heteroatoms. The molecule has 0 aliphatic carbocycles. The van der Waals surface area contributed by atoms with E-state index in [2.05, 4.69) is 5.10 Å². The maximum absolute atomic E-state index is 11.3. The molecule has 1 heterocycles. The topological polar surface area (TPSA) is 55.1 Å². The lowest BCUT2D eigenvalue weighted by molar-refractivity contribution is 0.0691. The smallest absolute Gasteiger partial charge is 0.357 e. The molecule has 4 nitrogen and oxygen atoms in total. The van der Waals surface area contributed by atoms with E-state index >= 15 is 0 Å². The molecule has 21 heavy (non-hydrogen) atoms. The monoisotopic (exact) mass is 320 g/mol. The third kappa shape index (κ3) is 2.60. The molecular formula is C15H10Cl2N2O2. The van der Waals surface area contributed by atoms with E-state index in [4.69, 9.17) is 23.2 Å². The fraction of sp³-hybridized carbons (Fsp3) is 0.0667. The Balaban J connectivity index is 2.08. The van der Waals surface area contributed by atoms with Crippen molar-refractivity contribution in [3.05, 3.63) is 63.8 Å². The fourth-order valence-electron chi connectivity index (χ4n) is 2.22. The Morgan fingerprint density at radius 3 is 2.62 bits per heavy atom. The number of rotatable bonds is 3. The van der Waals surface area contributed by atoms with E-state index in [1.807, 2.05) is 18.2 Å². The quantitative estimate of drug-likeness (QED) is 0.790. The zero-order chi connectivity index (χ0) is 15.0. The number of aromatic nitrogens is 2. The summed E-state index contributed by atoms with van der Waals surface area (Å²) in [5.41, 5.74) is 1.71. The number of hydrogen-bond donors (Lipinski definition) is 1. The second-order valence-corrected chi connectivity index (χ2v) is 5.39. The average molecular weight is 321 g/mol. The van der Waals surface area contributed by atoms with Gasteiger partial charge in [0.2, 0.25) is 0 Å². The highest BCUT2D eigenvalue weighted by Gasteiger charge is 2.16. The Morgan fingerprint density at radius 1 is 1.14 bits per heavy atom. The maximum atomic E-state index is 11.3. The van der Waals surface area contributed by atoms with Gasteiger partial charge in [-0.1, -0.05) is 47.5 Å². The van der Waals surface area contributed by atoms with Gasteiger partial charge in [-0.15, -0.1) is 0 Å². The van der Waals surface area contributed by atoms with Crippen LogP contribution in [0.25, 0.3) is 10.9 Å². The van der Waals surface area contributed by atoms with Crippen LogP contribution in [0.2, 0.25) is 10.0 Å². The molecule has 0 amide bonds. The van der Waals surface area contributed by atoms with E-state index in [9.17, 15) is 9.90 Å². The van der Waals surface area contributed by atoms with Crippen molar-refractivity contribution < 1.29 is 9.90 Å². The summed E-state index contributed by atoms with van der Waals surface area (Å²) in [4.78, 5) is 11.3. The lowest BCUT2D eigenvalue weighted by Crippen LogP contribution is -2.04. The highest BCUT2D eigenvalue weighted by molar-refractivity contribution is 6.42. The fourth-order valence-corrected chi connectivity index (χ4v) is 2.54. The second-order valence-electron chi connectivity index (χ2n) is 4.58. The number of para-hydroxylation sites is 1. The Hall–Kier alpha value is -2.04. The van der Waals surface area contributed by atoms with Crippen molar-refractivity contribution in [1.82, 2.24) is 9.78 Å². The number of aromatic carboxylic acids is 1. The van der Waals surface area contributed by atoms with E-state index in [-0.39, 0.29) is 5.69 Å². The number of halogens is 2. The number of nitrogens with zero attached hydrogens (tertiary/aromatic N) is 2. The molecule has 0 spiro atoms. The van der Waals surface area contributed by atoms with Gasteiger partial charge in [0.1, 0.15) is 0 Å². The standard InChI is InChI=1S/C15H10Cl2N2O2/c16-11-6-5-9(7-12(11)17)8-19-13-4-2-1-3-10(13)14(18-19)15(20)21/h1-7H,8H2,(H,20,21). The molecule has 3 aromatic rings. The Morgan fingerprint density at radius 2 is 1.90 bits per heavy atom. The van der Waals surface area contributed by atoms with Crippen LogP contribution >= 0.6 is 23.2 Å². The molecule has 2 aromatic carbocycles. The highest BCUT2D eigenvalue weighted by Crippen LogP contribution is 2.24. The molecule has 1 N–H and O–H groups in total. The molecular weight excluding hydrogens is 311 g/mol. The van der Waals surface area contributed by atoms with E-state index in [1.54, 1.807) is 28.9 Å². The summed E-state index contributed by atoms with van der Waals surface area (Å²) in [5.74, 6) is -1.04. The van der Waals surface area contributed by atoms with Gasteiger partial charge in [-0.05, 0) is 23.8 Å². The first kappa shape index (κ1) is 13.9.